The highest BCUT2D eigenvalue weighted by atomic mass is 35.5. The lowest BCUT2D eigenvalue weighted by atomic mass is 10.2. The standard InChI is InChI=1S/C19H15ClN4O5S2/c1-28-11-17(25)23-31(26,27)19-22-24-10-16(21-18(24)30-19)12-2-6-14(7-3-12)29-15-8-4-13(20)5-9-15/h2-10H,11H2,1H3,(H,23,25). The first-order chi connectivity index (χ1) is 14.8. The number of carbonyl (C=O) groups is 1. The highest BCUT2D eigenvalue weighted by molar-refractivity contribution is 7.92. The van der Waals surface area contributed by atoms with E-state index in [1.165, 1.54) is 11.6 Å². The molecule has 9 nitrogen and oxygen atoms in total. The molecule has 12 heteroatoms. The Hall–Kier alpha value is -2.99. The van der Waals surface area contributed by atoms with Crippen LogP contribution in [0.5, 0.6) is 11.5 Å². The van der Waals surface area contributed by atoms with E-state index in [1.54, 1.807) is 42.6 Å². The van der Waals surface area contributed by atoms with Crippen LogP contribution in [0, 0.1) is 0 Å². The molecule has 1 amide bonds. The van der Waals surface area contributed by atoms with Gasteiger partial charge in [0.25, 0.3) is 20.3 Å². The van der Waals surface area contributed by atoms with Crippen LogP contribution >= 0.6 is 22.9 Å². The topological polar surface area (TPSA) is 112 Å². The highest BCUT2D eigenvalue weighted by Crippen LogP contribution is 2.28. The van der Waals surface area contributed by atoms with Gasteiger partial charge in [0.2, 0.25) is 4.96 Å². The zero-order valence-corrected chi connectivity index (χ0v) is 18.4. The number of ether oxygens (including phenoxy) is 2. The molecule has 1 N–H and O–H groups in total. The average molecular weight is 479 g/mol. The summed E-state index contributed by atoms with van der Waals surface area (Å²) in [4.78, 5) is 16.3. The molecule has 160 valence electrons. The van der Waals surface area contributed by atoms with Crippen molar-refractivity contribution < 1.29 is 22.7 Å². The van der Waals surface area contributed by atoms with E-state index in [0.29, 0.717) is 27.2 Å². The summed E-state index contributed by atoms with van der Waals surface area (Å²) in [6, 6.07) is 14.3. The molecule has 4 aromatic rings. The van der Waals surface area contributed by atoms with Crippen LogP contribution in [0.3, 0.4) is 0 Å². The molecule has 0 unspecified atom stereocenters. The fourth-order valence-corrected chi connectivity index (χ4v) is 4.79. The number of carbonyl (C=O) groups excluding carboxylic acids is 1. The number of benzene rings is 2. The van der Waals surface area contributed by atoms with Gasteiger partial charge in [-0.1, -0.05) is 22.9 Å². The van der Waals surface area contributed by atoms with Gasteiger partial charge in [-0.3, -0.25) is 4.79 Å². The summed E-state index contributed by atoms with van der Waals surface area (Å²) in [6.07, 6.45) is 1.61. The summed E-state index contributed by atoms with van der Waals surface area (Å²) >= 11 is 6.72. The Balaban J connectivity index is 1.51. The Bertz CT molecular complexity index is 1300. The largest absolute Gasteiger partial charge is 0.457 e. The van der Waals surface area contributed by atoms with Crippen molar-refractivity contribution in [3.8, 4) is 22.8 Å². The third-order valence-electron chi connectivity index (χ3n) is 3.98. The number of amides is 1. The first-order valence-corrected chi connectivity index (χ1v) is 11.5. The Morgan fingerprint density at radius 2 is 1.77 bits per heavy atom. The molecule has 2 aromatic heterocycles. The number of methoxy groups -OCH3 is 1. The normalized spacial score (nSPS) is 11.5. The van der Waals surface area contributed by atoms with E-state index in [2.05, 4.69) is 14.8 Å². The van der Waals surface area contributed by atoms with Crippen molar-refractivity contribution in [2.24, 2.45) is 0 Å². The van der Waals surface area contributed by atoms with Crippen LogP contribution in [0.1, 0.15) is 0 Å². The van der Waals surface area contributed by atoms with Crippen molar-refractivity contribution >= 4 is 43.8 Å². The lowest BCUT2D eigenvalue weighted by molar-refractivity contribution is -0.122. The number of halogens is 1. The summed E-state index contributed by atoms with van der Waals surface area (Å²) in [6.45, 7) is -0.371. The molecule has 0 fully saturated rings. The van der Waals surface area contributed by atoms with Crippen LogP contribution in [0.2, 0.25) is 5.02 Å². The van der Waals surface area contributed by atoms with Crippen LogP contribution in [0.4, 0.5) is 0 Å². The third kappa shape index (κ3) is 4.85. The quantitative estimate of drug-likeness (QED) is 0.433. The van der Waals surface area contributed by atoms with Crippen LogP contribution < -0.4 is 9.46 Å². The van der Waals surface area contributed by atoms with Crippen molar-refractivity contribution in [3.05, 3.63) is 59.8 Å². The number of aromatic nitrogens is 3. The van der Waals surface area contributed by atoms with Crippen molar-refractivity contribution in [1.82, 2.24) is 19.3 Å². The zero-order valence-electron chi connectivity index (χ0n) is 16.0. The summed E-state index contributed by atoms with van der Waals surface area (Å²) in [5.41, 5.74) is 1.42. The van der Waals surface area contributed by atoms with E-state index in [9.17, 15) is 13.2 Å². The van der Waals surface area contributed by atoms with Gasteiger partial charge < -0.3 is 9.47 Å². The molecule has 0 aliphatic rings. The molecule has 0 saturated carbocycles. The molecule has 31 heavy (non-hydrogen) atoms. The maximum absolute atomic E-state index is 12.2. The molecular weight excluding hydrogens is 464 g/mol. The van der Waals surface area contributed by atoms with E-state index < -0.39 is 15.9 Å². The molecule has 0 bridgehead atoms. The maximum Gasteiger partial charge on any atom is 0.293 e. The Morgan fingerprint density at radius 3 is 2.39 bits per heavy atom. The minimum Gasteiger partial charge on any atom is -0.457 e. The fourth-order valence-electron chi connectivity index (χ4n) is 2.62. The van der Waals surface area contributed by atoms with Crippen molar-refractivity contribution in [2.45, 2.75) is 4.34 Å². The van der Waals surface area contributed by atoms with Crippen LogP contribution in [0.15, 0.2) is 59.1 Å². The second kappa shape index (κ2) is 8.63. The predicted octanol–water partition coefficient (Wildman–Crippen LogP) is 3.35. The minimum atomic E-state index is -4.09. The number of nitrogens with one attached hydrogen (secondary N) is 1. The minimum absolute atomic E-state index is 0.266. The number of imidazole rings is 1. The molecule has 2 heterocycles. The second-order valence-electron chi connectivity index (χ2n) is 6.26. The third-order valence-corrected chi connectivity index (χ3v) is 6.89. The first-order valence-electron chi connectivity index (χ1n) is 8.79. The Morgan fingerprint density at radius 1 is 1.13 bits per heavy atom. The molecule has 0 atom stereocenters. The van der Waals surface area contributed by atoms with Gasteiger partial charge in [-0.2, -0.15) is 8.42 Å². The molecule has 2 aromatic carbocycles. The van der Waals surface area contributed by atoms with Gasteiger partial charge in [0, 0.05) is 17.7 Å². The van der Waals surface area contributed by atoms with Crippen LogP contribution in [0.25, 0.3) is 16.2 Å². The first kappa shape index (κ1) is 21.2. The molecule has 0 aliphatic heterocycles. The molecule has 0 saturated heterocycles. The van der Waals surface area contributed by atoms with Crippen LogP contribution in [-0.4, -0.2) is 42.6 Å². The van der Waals surface area contributed by atoms with Crippen molar-refractivity contribution in [3.63, 3.8) is 0 Å². The number of rotatable bonds is 7. The number of hydrogen-bond acceptors (Lipinski definition) is 8. The summed E-state index contributed by atoms with van der Waals surface area (Å²) in [5, 5.41) is 4.65. The Labute approximate surface area is 186 Å². The number of sulfonamides is 1. The maximum atomic E-state index is 12.2. The van der Waals surface area contributed by atoms with Gasteiger partial charge in [0.05, 0.1) is 11.9 Å². The summed E-state index contributed by atoms with van der Waals surface area (Å²) < 4.78 is 37.9. The van der Waals surface area contributed by atoms with Gasteiger partial charge >= 0.3 is 0 Å². The van der Waals surface area contributed by atoms with E-state index in [1.807, 2.05) is 16.9 Å². The SMILES string of the molecule is COCC(=O)NS(=O)(=O)c1nn2cc(-c3ccc(Oc4ccc(Cl)cc4)cc3)nc2s1. The van der Waals surface area contributed by atoms with E-state index >= 15 is 0 Å². The van der Waals surface area contributed by atoms with Crippen molar-refractivity contribution in [1.29, 1.82) is 0 Å². The predicted molar refractivity (Wildman–Crippen MR) is 115 cm³/mol. The van der Waals surface area contributed by atoms with Crippen LogP contribution in [-0.2, 0) is 19.6 Å². The molecular formula is C19H15ClN4O5S2. The van der Waals surface area contributed by atoms with Crippen molar-refractivity contribution in [2.75, 3.05) is 13.7 Å². The number of fused-ring (bicyclic) bond motifs is 1. The Kier molecular flexibility index (Phi) is 5.92. The van der Waals surface area contributed by atoms with E-state index in [4.69, 9.17) is 16.3 Å². The zero-order chi connectivity index (χ0) is 22.0. The van der Waals surface area contributed by atoms with Gasteiger partial charge in [-0.05, 0) is 48.5 Å². The number of hydrogen-bond donors (Lipinski definition) is 1. The second-order valence-corrected chi connectivity index (χ2v) is 9.51. The lowest BCUT2D eigenvalue weighted by Crippen LogP contribution is -2.33. The average Bonchev–Trinajstić information content (AvgIpc) is 3.30. The highest BCUT2D eigenvalue weighted by Gasteiger charge is 2.23. The monoisotopic (exact) mass is 478 g/mol. The van der Waals surface area contributed by atoms with Gasteiger partial charge in [-0.15, -0.1) is 5.10 Å². The summed E-state index contributed by atoms with van der Waals surface area (Å²) in [5.74, 6) is 0.525. The molecule has 0 radical (unpaired) electrons. The lowest BCUT2D eigenvalue weighted by Gasteiger charge is -2.06. The molecule has 0 aliphatic carbocycles. The smallest absolute Gasteiger partial charge is 0.293 e. The van der Waals surface area contributed by atoms with E-state index in [-0.39, 0.29) is 10.9 Å². The number of nitrogens with zero attached hydrogens (tertiary/aromatic N) is 3. The van der Waals surface area contributed by atoms with Gasteiger partial charge in [-0.25, -0.2) is 14.2 Å². The molecule has 0 spiro atoms. The van der Waals surface area contributed by atoms with Gasteiger partial charge in [0.1, 0.15) is 18.1 Å². The fraction of sp³-hybridized carbons (Fsp3) is 0.105. The van der Waals surface area contributed by atoms with Gasteiger partial charge in [0.15, 0.2) is 0 Å². The van der Waals surface area contributed by atoms with E-state index in [0.717, 1.165) is 16.9 Å². The molecule has 4 rings (SSSR count). The summed E-state index contributed by atoms with van der Waals surface area (Å²) in [7, 11) is -2.79.